The van der Waals surface area contributed by atoms with Crippen molar-refractivity contribution >= 4 is 0 Å². The van der Waals surface area contributed by atoms with Gasteiger partial charge in [0.25, 0.3) is 0 Å². The molecular formula is C10H19N. The maximum absolute atomic E-state index is 3.54. The highest BCUT2D eigenvalue weighted by molar-refractivity contribution is 5.12. The van der Waals surface area contributed by atoms with Crippen LogP contribution in [0.1, 0.15) is 33.1 Å². The van der Waals surface area contributed by atoms with Gasteiger partial charge in [0.2, 0.25) is 0 Å². The molecule has 1 nitrogen and oxygen atoms in total. The Morgan fingerprint density at radius 2 is 2.18 bits per heavy atom. The molecule has 2 aliphatic rings. The number of rotatable bonds is 4. The molecule has 0 aromatic rings. The van der Waals surface area contributed by atoms with Crippen molar-refractivity contribution in [1.29, 1.82) is 0 Å². The zero-order valence-electron chi connectivity index (χ0n) is 7.69. The van der Waals surface area contributed by atoms with Gasteiger partial charge >= 0.3 is 0 Å². The van der Waals surface area contributed by atoms with Gasteiger partial charge in [0, 0.05) is 0 Å². The van der Waals surface area contributed by atoms with Crippen LogP contribution in [0.25, 0.3) is 0 Å². The molecule has 2 rings (SSSR count). The van der Waals surface area contributed by atoms with Crippen LogP contribution < -0.4 is 5.32 Å². The highest BCUT2D eigenvalue weighted by Gasteiger charge is 2.61. The van der Waals surface area contributed by atoms with E-state index in [0.29, 0.717) is 0 Å². The largest absolute Gasteiger partial charge is 0.316 e. The molecular weight excluding hydrogens is 134 g/mol. The highest BCUT2D eigenvalue weighted by atomic mass is 14.9. The number of nitrogens with one attached hydrogen (secondary N) is 1. The number of hydrogen-bond donors (Lipinski definition) is 1. The molecule has 11 heavy (non-hydrogen) atoms. The smallest absolute Gasteiger partial charge is 0.00149 e. The van der Waals surface area contributed by atoms with Crippen LogP contribution in [0.15, 0.2) is 0 Å². The Balaban J connectivity index is 1.55. The number of hydrogen-bond acceptors (Lipinski definition) is 1. The van der Waals surface area contributed by atoms with Crippen LogP contribution >= 0.6 is 0 Å². The van der Waals surface area contributed by atoms with E-state index >= 15 is 0 Å². The highest BCUT2D eigenvalue weighted by Crippen LogP contribution is 2.70. The summed E-state index contributed by atoms with van der Waals surface area (Å²) in [6.07, 6.45) is 4.58. The molecule has 2 saturated carbocycles. The first-order chi connectivity index (χ1) is 5.23. The van der Waals surface area contributed by atoms with Crippen molar-refractivity contribution in [3.05, 3.63) is 0 Å². The van der Waals surface area contributed by atoms with Gasteiger partial charge in [0.05, 0.1) is 0 Å². The van der Waals surface area contributed by atoms with Gasteiger partial charge in [-0.2, -0.15) is 0 Å². The molecule has 0 aromatic carbocycles. The molecule has 0 saturated heterocycles. The second-order valence-electron chi connectivity index (χ2n) is 4.82. The van der Waals surface area contributed by atoms with Gasteiger partial charge in [-0.05, 0) is 49.6 Å². The fourth-order valence-electron chi connectivity index (χ4n) is 2.04. The topological polar surface area (TPSA) is 12.0 Å². The predicted octanol–water partition coefficient (Wildman–Crippen LogP) is 2.03. The Labute approximate surface area is 69.6 Å². The quantitative estimate of drug-likeness (QED) is 0.651. The van der Waals surface area contributed by atoms with Crippen LogP contribution in [-0.4, -0.2) is 13.1 Å². The van der Waals surface area contributed by atoms with Crippen LogP contribution in [0.4, 0.5) is 0 Å². The Morgan fingerprint density at radius 3 is 2.64 bits per heavy atom. The third-order valence-corrected chi connectivity index (χ3v) is 3.19. The van der Waals surface area contributed by atoms with Crippen LogP contribution in [0.3, 0.4) is 0 Å². The van der Waals surface area contributed by atoms with Gasteiger partial charge < -0.3 is 5.32 Å². The van der Waals surface area contributed by atoms with E-state index in [2.05, 4.69) is 19.2 Å². The molecule has 1 N–H and O–H groups in total. The summed E-state index contributed by atoms with van der Waals surface area (Å²) in [4.78, 5) is 0. The van der Waals surface area contributed by atoms with E-state index in [1.807, 2.05) is 0 Å². The molecule has 1 unspecified atom stereocenters. The van der Waals surface area contributed by atoms with E-state index in [4.69, 9.17) is 0 Å². The average molecular weight is 153 g/mol. The van der Waals surface area contributed by atoms with Gasteiger partial charge in [0.15, 0.2) is 0 Å². The Bertz CT molecular complexity index is 147. The molecule has 64 valence electrons. The maximum Gasteiger partial charge on any atom is -0.00149 e. The van der Waals surface area contributed by atoms with Gasteiger partial charge in [-0.25, -0.2) is 0 Å². The molecule has 0 bridgehead atoms. The van der Waals surface area contributed by atoms with Gasteiger partial charge in [-0.15, -0.1) is 0 Å². The summed E-state index contributed by atoms with van der Waals surface area (Å²) >= 11 is 0. The van der Waals surface area contributed by atoms with E-state index in [0.717, 1.165) is 17.3 Å². The third kappa shape index (κ3) is 1.58. The summed E-state index contributed by atoms with van der Waals surface area (Å²) in [7, 11) is 0. The standard InChI is InChI=1S/C10H19N/c1-8(2)6-11-7-9-5-10(9)3-4-10/h8-9,11H,3-7H2,1-2H3. The SMILES string of the molecule is CC(C)CNCC1CC12CC2. The van der Waals surface area contributed by atoms with Gasteiger partial charge in [-0.1, -0.05) is 13.8 Å². The lowest BCUT2D eigenvalue weighted by molar-refractivity contribution is 0.521. The van der Waals surface area contributed by atoms with Crippen LogP contribution in [0.2, 0.25) is 0 Å². The van der Waals surface area contributed by atoms with Crippen LogP contribution in [0.5, 0.6) is 0 Å². The van der Waals surface area contributed by atoms with Crippen molar-refractivity contribution in [2.45, 2.75) is 33.1 Å². The molecule has 0 aromatic heterocycles. The zero-order chi connectivity index (χ0) is 7.90. The fourth-order valence-corrected chi connectivity index (χ4v) is 2.04. The summed E-state index contributed by atoms with van der Waals surface area (Å²) in [5, 5.41) is 3.54. The molecule has 0 aliphatic heterocycles. The van der Waals surface area contributed by atoms with Crippen molar-refractivity contribution in [3.8, 4) is 0 Å². The average Bonchev–Trinajstić information content (AvgIpc) is 2.77. The van der Waals surface area contributed by atoms with Crippen LogP contribution in [0, 0.1) is 17.3 Å². The molecule has 1 atom stereocenters. The van der Waals surface area contributed by atoms with Gasteiger partial charge in [0.1, 0.15) is 0 Å². The van der Waals surface area contributed by atoms with E-state index in [-0.39, 0.29) is 0 Å². The minimum absolute atomic E-state index is 0.809. The minimum Gasteiger partial charge on any atom is -0.316 e. The Morgan fingerprint density at radius 1 is 1.45 bits per heavy atom. The normalized spacial score (nSPS) is 31.4. The molecule has 1 heteroatoms. The lowest BCUT2D eigenvalue weighted by atomic mass is 10.2. The predicted molar refractivity (Wildman–Crippen MR) is 47.5 cm³/mol. The molecule has 0 radical (unpaired) electrons. The molecule has 0 heterocycles. The van der Waals surface area contributed by atoms with E-state index in [1.165, 1.54) is 32.4 Å². The van der Waals surface area contributed by atoms with E-state index < -0.39 is 0 Å². The van der Waals surface area contributed by atoms with E-state index in [9.17, 15) is 0 Å². The summed E-state index contributed by atoms with van der Waals surface area (Å²) in [6, 6.07) is 0. The molecule has 2 fully saturated rings. The lowest BCUT2D eigenvalue weighted by Crippen LogP contribution is -2.22. The molecule has 1 spiro atoms. The lowest BCUT2D eigenvalue weighted by Gasteiger charge is -2.05. The van der Waals surface area contributed by atoms with Crippen LogP contribution in [-0.2, 0) is 0 Å². The zero-order valence-corrected chi connectivity index (χ0v) is 7.69. The second-order valence-corrected chi connectivity index (χ2v) is 4.82. The fraction of sp³-hybridized carbons (Fsp3) is 1.00. The Hall–Kier alpha value is -0.0400. The second kappa shape index (κ2) is 2.48. The Kier molecular flexibility index (Phi) is 1.71. The maximum atomic E-state index is 3.54. The summed E-state index contributed by atoms with van der Waals surface area (Å²) in [6.45, 7) is 7.03. The minimum atomic E-state index is 0.809. The van der Waals surface area contributed by atoms with Crippen molar-refractivity contribution in [1.82, 2.24) is 5.32 Å². The summed E-state index contributed by atoms with van der Waals surface area (Å²) in [5.74, 6) is 1.87. The van der Waals surface area contributed by atoms with Crippen molar-refractivity contribution in [3.63, 3.8) is 0 Å². The first-order valence-corrected chi connectivity index (χ1v) is 4.94. The first-order valence-electron chi connectivity index (χ1n) is 4.94. The molecule has 2 aliphatic carbocycles. The van der Waals surface area contributed by atoms with Crippen molar-refractivity contribution in [2.75, 3.05) is 13.1 Å². The van der Waals surface area contributed by atoms with Crippen molar-refractivity contribution < 1.29 is 0 Å². The summed E-state index contributed by atoms with van der Waals surface area (Å²) in [5.41, 5.74) is 0.893. The van der Waals surface area contributed by atoms with E-state index in [1.54, 1.807) is 0 Å². The summed E-state index contributed by atoms with van der Waals surface area (Å²) < 4.78 is 0. The van der Waals surface area contributed by atoms with Gasteiger partial charge in [-0.3, -0.25) is 0 Å². The molecule has 0 amide bonds. The first kappa shape index (κ1) is 7.60. The van der Waals surface area contributed by atoms with Crippen molar-refractivity contribution in [2.24, 2.45) is 17.3 Å². The third-order valence-electron chi connectivity index (χ3n) is 3.19. The monoisotopic (exact) mass is 153 g/mol.